The lowest BCUT2D eigenvalue weighted by atomic mass is 10.1. The predicted octanol–water partition coefficient (Wildman–Crippen LogP) is 1.26. The first-order valence-electron chi connectivity index (χ1n) is 6.01. The zero-order valence-electron chi connectivity index (χ0n) is 10.0. The largest absolute Gasteiger partial charge is 0.460 e. The highest BCUT2D eigenvalue weighted by Crippen LogP contribution is 2.15. The lowest BCUT2D eigenvalue weighted by Gasteiger charge is -2.31. The van der Waals surface area contributed by atoms with Gasteiger partial charge in [0, 0.05) is 44.7 Å². The second-order valence-corrected chi connectivity index (χ2v) is 4.08. The van der Waals surface area contributed by atoms with E-state index < -0.39 is 0 Å². The van der Waals surface area contributed by atoms with Crippen LogP contribution in [0.2, 0.25) is 0 Å². The van der Waals surface area contributed by atoms with E-state index in [9.17, 15) is 4.79 Å². The van der Waals surface area contributed by atoms with Crippen LogP contribution in [0, 0.1) is 0 Å². The van der Waals surface area contributed by atoms with E-state index in [1.54, 1.807) is 18.5 Å². The molecule has 0 aliphatic carbocycles. The van der Waals surface area contributed by atoms with Crippen LogP contribution in [0.4, 0.5) is 0 Å². The molecule has 0 radical (unpaired) electrons. The van der Waals surface area contributed by atoms with Crippen molar-refractivity contribution < 1.29 is 9.53 Å². The molecule has 1 aromatic heterocycles. The zero-order valence-corrected chi connectivity index (χ0v) is 10.0. The van der Waals surface area contributed by atoms with E-state index in [1.165, 1.54) is 0 Å². The molecule has 1 amide bonds. The third-order valence-corrected chi connectivity index (χ3v) is 2.91. The van der Waals surface area contributed by atoms with Crippen LogP contribution in [-0.2, 0) is 4.79 Å². The highest BCUT2D eigenvalue weighted by atomic mass is 16.5. The van der Waals surface area contributed by atoms with Gasteiger partial charge in [0.15, 0.2) is 0 Å². The minimum atomic E-state index is 0.123. The number of piperidine rings is 1. The Morgan fingerprint density at radius 1 is 1.41 bits per heavy atom. The number of carbonyl (C=O) groups is 1. The van der Waals surface area contributed by atoms with Gasteiger partial charge in [-0.3, -0.25) is 4.79 Å². The molecule has 0 spiro atoms. The molecule has 0 atom stereocenters. The maximum Gasteiger partial charge on any atom is 0.316 e. The van der Waals surface area contributed by atoms with E-state index in [-0.39, 0.29) is 12.0 Å². The molecule has 17 heavy (non-hydrogen) atoms. The molecule has 0 aromatic carbocycles. The summed E-state index contributed by atoms with van der Waals surface area (Å²) in [4.78, 5) is 21.4. The van der Waals surface area contributed by atoms with E-state index in [0.29, 0.717) is 12.4 Å². The van der Waals surface area contributed by atoms with Gasteiger partial charge in [-0.2, -0.15) is 0 Å². The van der Waals surface area contributed by atoms with Gasteiger partial charge >= 0.3 is 6.01 Å². The summed E-state index contributed by atoms with van der Waals surface area (Å²) in [5.41, 5.74) is 0. The Balaban J connectivity index is 1.82. The van der Waals surface area contributed by atoms with Crippen molar-refractivity contribution >= 4 is 5.91 Å². The third kappa shape index (κ3) is 3.15. The predicted molar refractivity (Wildman–Crippen MR) is 62.6 cm³/mol. The first-order chi connectivity index (χ1) is 8.29. The Kier molecular flexibility index (Phi) is 3.90. The molecule has 5 heteroatoms. The lowest BCUT2D eigenvalue weighted by Crippen LogP contribution is -2.41. The van der Waals surface area contributed by atoms with Gasteiger partial charge in [-0.15, -0.1) is 0 Å². The van der Waals surface area contributed by atoms with E-state index in [4.69, 9.17) is 4.74 Å². The maximum atomic E-state index is 11.5. The Hall–Kier alpha value is -1.65. The number of hydrogen-bond donors (Lipinski definition) is 0. The molecule has 2 heterocycles. The van der Waals surface area contributed by atoms with Gasteiger partial charge < -0.3 is 9.64 Å². The highest BCUT2D eigenvalue weighted by Gasteiger charge is 2.23. The van der Waals surface area contributed by atoms with Crippen LogP contribution < -0.4 is 4.74 Å². The van der Waals surface area contributed by atoms with Crippen molar-refractivity contribution in [2.45, 2.75) is 32.3 Å². The quantitative estimate of drug-likeness (QED) is 0.791. The molecule has 0 saturated carbocycles. The van der Waals surface area contributed by atoms with Gasteiger partial charge in [0.25, 0.3) is 0 Å². The van der Waals surface area contributed by atoms with Gasteiger partial charge in [-0.1, -0.05) is 6.92 Å². The normalized spacial score (nSPS) is 16.9. The van der Waals surface area contributed by atoms with Crippen molar-refractivity contribution in [2.24, 2.45) is 0 Å². The summed E-state index contributed by atoms with van der Waals surface area (Å²) in [6, 6.07) is 2.18. The van der Waals surface area contributed by atoms with E-state index in [2.05, 4.69) is 9.97 Å². The molecule has 0 unspecified atom stereocenters. The molecule has 1 aromatic rings. The summed E-state index contributed by atoms with van der Waals surface area (Å²) >= 11 is 0. The molecule has 1 fully saturated rings. The number of likely N-dealkylation sites (tertiary alicyclic amines) is 1. The average Bonchev–Trinajstić information content (AvgIpc) is 2.40. The summed E-state index contributed by atoms with van der Waals surface area (Å²) in [7, 11) is 0. The van der Waals surface area contributed by atoms with Crippen molar-refractivity contribution in [1.82, 2.24) is 14.9 Å². The molecule has 1 saturated heterocycles. The summed E-state index contributed by atoms with van der Waals surface area (Å²) < 4.78 is 5.66. The lowest BCUT2D eigenvalue weighted by molar-refractivity contribution is -0.132. The van der Waals surface area contributed by atoms with Crippen LogP contribution in [0.3, 0.4) is 0 Å². The maximum absolute atomic E-state index is 11.5. The Morgan fingerprint density at radius 3 is 2.65 bits per heavy atom. The summed E-state index contributed by atoms with van der Waals surface area (Å²) in [6.45, 7) is 3.43. The topological polar surface area (TPSA) is 55.3 Å². The van der Waals surface area contributed by atoms with Crippen LogP contribution in [0.5, 0.6) is 6.01 Å². The van der Waals surface area contributed by atoms with Crippen LogP contribution in [0.25, 0.3) is 0 Å². The number of rotatable bonds is 3. The fourth-order valence-corrected chi connectivity index (χ4v) is 1.94. The second-order valence-electron chi connectivity index (χ2n) is 4.08. The van der Waals surface area contributed by atoms with Gasteiger partial charge in [0.2, 0.25) is 5.91 Å². The monoisotopic (exact) mass is 235 g/mol. The minimum absolute atomic E-state index is 0.123. The number of amides is 1. The van der Waals surface area contributed by atoms with Gasteiger partial charge in [0.05, 0.1) is 0 Å². The fourth-order valence-electron chi connectivity index (χ4n) is 1.94. The van der Waals surface area contributed by atoms with E-state index in [0.717, 1.165) is 25.9 Å². The number of hydrogen-bond acceptors (Lipinski definition) is 4. The number of ether oxygens (including phenoxy) is 1. The van der Waals surface area contributed by atoms with Crippen molar-refractivity contribution in [3.05, 3.63) is 18.5 Å². The molecule has 5 nitrogen and oxygen atoms in total. The molecule has 2 rings (SSSR count). The van der Waals surface area contributed by atoms with Crippen LogP contribution >= 0.6 is 0 Å². The fraction of sp³-hybridized carbons (Fsp3) is 0.583. The average molecular weight is 235 g/mol. The Morgan fingerprint density at radius 2 is 2.06 bits per heavy atom. The molecule has 1 aliphatic rings. The second kappa shape index (κ2) is 5.61. The van der Waals surface area contributed by atoms with Crippen molar-refractivity contribution in [1.29, 1.82) is 0 Å². The summed E-state index contributed by atoms with van der Waals surface area (Å²) in [5, 5.41) is 0. The molecular weight excluding hydrogens is 218 g/mol. The number of aromatic nitrogens is 2. The molecule has 0 N–H and O–H groups in total. The highest BCUT2D eigenvalue weighted by molar-refractivity contribution is 5.75. The smallest absolute Gasteiger partial charge is 0.316 e. The first-order valence-corrected chi connectivity index (χ1v) is 6.01. The van der Waals surface area contributed by atoms with E-state index in [1.807, 2.05) is 11.8 Å². The SMILES string of the molecule is CCC(=O)N1CCC(Oc2ncccn2)CC1. The van der Waals surface area contributed by atoms with Gasteiger partial charge in [0.1, 0.15) is 6.10 Å². The third-order valence-electron chi connectivity index (χ3n) is 2.91. The van der Waals surface area contributed by atoms with Crippen LogP contribution in [-0.4, -0.2) is 40.0 Å². The summed E-state index contributed by atoms with van der Waals surface area (Å²) in [5.74, 6) is 0.222. The van der Waals surface area contributed by atoms with E-state index >= 15 is 0 Å². The summed E-state index contributed by atoms with van der Waals surface area (Å²) in [6.07, 6.45) is 5.73. The van der Waals surface area contributed by atoms with Crippen molar-refractivity contribution in [3.63, 3.8) is 0 Å². The molecular formula is C12H17N3O2. The standard InChI is InChI=1S/C12H17N3O2/c1-2-11(16)15-8-4-10(5-9-15)17-12-13-6-3-7-14-12/h3,6-7,10H,2,4-5,8-9H2,1H3. The Bertz CT molecular complexity index is 361. The van der Waals surface area contributed by atoms with Crippen LogP contribution in [0.15, 0.2) is 18.5 Å². The van der Waals surface area contributed by atoms with Crippen molar-refractivity contribution in [2.75, 3.05) is 13.1 Å². The first kappa shape index (κ1) is 11.8. The number of carbonyl (C=O) groups excluding carboxylic acids is 1. The molecule has 0 bridgehead atoms. The molecule has 92 valence electrons. The molecule has 1 aliphatic heterocycles. The van der Waals surface area contributed by atoms with Gasteiger partial charge in [-0.25, -0.2) is 9.97 Å². The van der Waals surface area contributed by atoms with Crippen LogP contribution in [0.1, 0.15) is 26.2 Å². The number of nitrogens with zero attached hydrogens (tertiary/aromatic N) is 3. The zero-order chi connectivity index (χ0) is 12.1. The Labute approximate surface area is 101 Å². The van der Waals surface area contributed by atoms with Gasteiger partial charge in [-0.05, 0) is 6.07 Å². The minimum Gasteiger partial charge on any atom is -0.460 e. The van der Waals surface area contributed by atoms with Crippen molar-refractivity contribution in [3.8, 4) is 6.01 Å².